The molecule has 0 unspecified atom stereocenters. The van der Waals surface area contributed by atoms with Gasteiger partial charge < -0.3 is 0 Å². The third-order valence-corrected chi connectivity index (χ3v) is 5.50. The Bertz CT molecular complexity index is 970. The minimum Gasteiger partial charge on any atom is -0.279 e. The highest BCUT2D eigenvalue weighted by molar-refractivity contribution is 7.92. The molecule has 0 aliphatic carbocycles. The van der Waals surface area contributed by atoms with Crippen molar-refractivity contribution >= 4 is 27.3 Å². The Balaban J connectivity index is 2.03. The number of halogens is 1. The Morgan fingerprint density at radius 3 is 2.25 bits per heavy atom. The molecule has 0 amide bonds. The normalized spacial score (nSPS) is 11.2. The molecule has 3 rings (SSSR count). The molecule has 3 aromatic rings. The topological polar surface area (TPSA) is 46.2 Å². The summed E-state index contributed by atoms with van der Waals surface area (Å²) in [5.74, 6) is 0. The molecule has 5 heteroatoms. The standard InChI is InChI=1S/C19H16ClNO2S/c1-14-13-15(11-12-18(14)20)17-9-5-6-10-19(17)21-24(22,23)16-7-3-2-4-8-16/h2-13,21H,1H3. The van der Waals surface area contributed by atoms with Gasteiger partial charge in [-0.2, -0.15) is 0 Å². The SMILES string of the molecule is Cc1cc(-c2ccccc2NS(=O)(=O)c2ccccc2)ccc1Cl. The Kier molecular flexibility index (Phi) is 4.60. The molecule has 0 saturated heterocycles. The molecule has 0 aliphatic rings. The summed E-state index contributed by atoms with van der Waals surface area (Å²) in [5.41, 5.74) is 3.18. The third kappa shape index (κ3) is 3.45. The van der Waals surface area contributed by atoms with E-state index in [1.165, 1.54) is 0 Å². The molecule has 0 saturated carbocycles. The first-order chi connectivity index (χ1) is 11.5. The summed E-state index contributed by atoms with van der Waals surface area (Å²) in [6.07, 6.45) is 0. The van der Waals surface area contributed by atoms with E-state index in [4.69, 9.17) is 11.6 Å². The second kappa shape index (κ2) is 6.67. The van der Waals surface area contributed by atoms with Crippen LogP contribution in [0.1, 0.15) is 5.56 Å². The maximum absolute atomic E-state index is 12.6. The van der Waals surface area contributed by atoms with Crippen LogP contribution >= 0.6 is 11.6 Å². The van der Waals surface area contributed by atoms with Crippen LogP contribution in [0.2, 0.25) is 5.02 Å². The maximum Gasteiger partial charge on any atom is 0.261 e. The summed E-state index contributed by atoms with van der Waals surface area (Å²) < 4.78 is 27.8. The molecular formula is C19H16ClNO2S. The summed E-state index contributed by atoms with van der Waals surface area (Å²) in [7, 11) is -3.64. The van der Waals surface area contributed by atoms with E-state index in [1.807, 2.05) is 37.3 Å². The van der Waals surface area contributed by atoms with Gasteiger partial charge in [0.05, 0.1) is 10.6 Å². The van der Waals surface area contributed by atoms with Crippen LogP contribution in [0.3, 0.4) is 0 Å². The van der Waals surface area contributed by atoms with Crippen LogP contribution in [-0.4, -0.2) is 8.42 Å². The zero-order valence-electron chi connectivity index (χ0n) is 13.0. The van der Waals surface area contributed by atoms with E-state index in [2.05, 4.69) is 4.72 Å². The van der Waals surface area contributed by atoms with Gasteiger partial charge in [-0.05, 0) is 48.4 Å². The smallest absolute Gasteiger partial charge is 0.261 e. The highest BCUT2D eigenvalue weighted by Crippen LogP contribution is 2.31. The molecule has 3 nitrogen and oxygen atoms in total. The predicted molar refractivity (Wildman–Crippen MR) is 98.9 cm³/mol. The van der Waals surface area contributed by atoms with Crippen molar-refractivity contribution in [1.29, 1.82) is 0 Å². The number of sulfonamides is 1. The predicted octanol–water partition coefficient (Wildman–Crippen LogP) is 5.12. The van der Waals surface area contributed by atoms with E-state index in [0.29, 0.717) is 10.7 Å². The summed E-state index contributed by atoms with van der Waals surface area (Å²) >= 11 is 6.08. The van der Waals surface area contributed by atoms with Crippen molar-refractivity contribution in [2.24, 2.45) is 0 Å². The summed E-state index contributed by atoms with van der Waals surface area (Å²) in [6, 6.07) is 21.3. The first-order valence-electron chi connectivity index (χ1n) is 7.41. The minimum absolute atomic E-state index is 0.229. The van der Waals surface area contributed by atoms with Crippen LogP contribution in [0.25, 0.3) is 11.1 Å². The van der Waals surface area contributed by atoms with Crippen LogP contribution in [0.4, 0.5) is 5.69 Å². The van der Waals surface area contributed by atoms with E-state index >= 15 is 0 Å². The Hall–Kier alpha value is -2.30. The fourth-order valence-corrected chi connectivity index (χ4v) is 3.66. The summed E-state index contributed by atoms with van der Waals surface area (Å²) in [5, 5.41) is 0.682. The van der Waals surface area contributed by atoms with Crippen molar-refractivity contribution in [2.45, 2.75) is 11.8 Å². The van der Waals surface area contributed by atoms with Crippen LogP contribution in [0, 0.1) is 6.92 Å². The molecule has 24 heavy (non-hydrogen) atoms. The molecule has 0 radical (unpaired) electrons. The fraction of sp³-hybridized carbons (Fsp3) is 0.0526. The lowest BCUT2D eigenvalue weighted by Crippen LogP contribution is -2.13. The van der Waals surface area contributed by atoms with Gasteiger partial charge in [0.1, 0.15) is 0 Å². The Labute approximate surface area is 147 Å². The molecule has 0 spiro atoms. The number of aryl methyl sites for hydroxylation is 1. The van der Waals surface area contributed by atoms with Crippen LogP contribution in [-0.2, 0) is 10.0 Å². The van der Waals surface area contributed by atoms with Crippen molar-refractivity contribution in [2.75, 3.05) is 4.72 Å². The maximum atomic E-state index is 12.6. The second-order valence-corrected chi connectivity index (χ2v) is 7.52. The number of para-hydroxylation sites is 1. The molecule has 0 aliphatic heterocycles. The average Bonchev–Trinajstić information content (AvgIpc) is 2.58. The largest absolute Gasteiger partial charge is 0.279 e. The van der Waals surface area contributed by atoms with Gasteiger partial charge in [0.25, 0.3) is 10.0 Å². The number of rotatable bonds is 4. The summed E-state index contributed by atoms with van der Waals surface area (Å²) in [6.45, 7) is 1.92. The minimum atomic E-state index is -3.64. The lowest BCUT2D eigenvalue weighted by atomic mass is 10.0. The van der Waals surface area contributed by atoms with Crippen molar-refractivity contribution < 1.29 is 8.42 Å². The van der Waals surface area contributed by atoms with Crippen LogP contribution in [0.15, 0.2) is 77.7 Å². The van der Waals surface area contributed by atoms with Crippen molar-refractivity contribution in [3.63, 3.8) is 0 Å². The molecule has 122 valence electrons. The quantitative estimate of drug-likeness (QED) is 0.704. The van der Waals surface area contributed by atoms with Gasteiger partial charge in [-0.15, -0.1) is 0 Å². The molecule has 0 bridgehead atoms. The zero-order valence-corrected chi connectivity index (χ0v) is 14.6. The van der Waals surface area contributed by atoms with Gasteiger partial charge in [0.2, 0.25) is 0 Å². The monoisotopic (exact) mass is 357 g/mol. The van der Waals surface area contributed by atoms with Crippen molar-refractivity contribution in [3.05, 3.63) is 83.4 Å². The Morgan fingerprint density at radius 2 is 1.54 bits per heavy atom. The van der Waals surface area contributed by atoms with E-state index in [-0.39, 0.29) is 4.90 Å². The Morgan fingerprint density at radius 1 is 0.875 bits per heavy atom. The number of hydrogen-bond acceptors (Lipinski definition) is 2. The average molecular weight is 358 g/mol. The van der Waals surface area contributed by atoms with Gasteiger partial charge in [-0.25, -0.2) is 8.42 Å². The molecule has 0 aromatic heterocycles. The van der Waals surface area contributed by atoms with E-state index in [1.54, 1.807) is 42.5 Å². The highest BCUT2D eigenvalue weighted by atomic mass is 35.5. The van der Waals surface area contributed by atoms with Gasteiger partial charge in [0, 0.05) is 10.6 Å². The molecule has 0 heterocycles. The number of anilines is 1. The van der Waals surface area contributed by atoms with Crippen LogP contribution in [0.5, 0.6) is 0 Å². The molecule has 3 aromatic carbocycles. The van der Waals surface area contributed by atoms with Crippen molar-refractivity contribution in [1.82, 2.24) is 0 Å². The second-order valence-electron chi connectivity index (χ2n) is 5.43. The lowest BCUT2D eigenvalue weighted by molar-refractivity contribution is 0.601. The number of benzene rings is 3. The van der Waals surface area contributed by atoms with E-state index in [9.17, 15) is 8.42 Å². The zero-order chi connectivity index (χ0) is 17.2. The molecule has 0 atom stereocenters. The van der Waals surface area contributed by atoms with E-state index in [0.717, 1.165) is 16.7 Å². The van der Waals surface area contributed by atoms with Gasteiger partial charge >= 0.3 is 0 Å². The first kappa shape index (κ1) is 16.6. The number of hydrogen-bond donors (Lipinski definition) is 1. The van der Waals surface area contributed by atoms with E-state index < -0.39 is 10.0 Å². The number of nitrogens with one attached hydrogen (secondary N) is 1. The van der Waals surface area contributed by atoms with Crippen LogP contribution < -0.4 is 4.72 Å². The molecule has 1 N–H and O–H groups in total. The van der Waals surface area contributed by atoms with Gasteiger partial charge in [0.15, 0.2) is 0 Å². The molecular weight excluding hydrogens is 342 g/mol. The van der Waals surface area contributed by atoms with Crippen molar-refractivity contribution in [3.8, 4) is 11.1 Å². The lowest BCUT2D eigenvalue weighted by Gasteiger charge is -2.13. The summed E-state index contributed by atoms with van der Waals surface area (Å²) in [4.78, 5) is 0.229. The molecule has 0 fully saturated rings. The first-order valence-corrected chi connectivity index (χ1v) is 9.27. The third-order valence-electron chi connectivity index (χ3n) is 3.69. The van der Waals surface area contributed by atoms with Gasteiger partial charge in [-0.1, -0.05) is 54.1 Å². The van der Waals surface area contributed by atoms with Gasteiger partial charge in [-0.3, -0.25) is 4.72 Å². The fourth-order valence-electron chi connectivity index (χ4n) is 2.44. The highest BCUT2D eigenvalue weighted by Gasteiger charge is 2.16.